The van der Waals surface area contributed by atoms with Gasteiger partial charge in [0, 0.05) is 52.0 Å². The number of hydrogen-bond acceptors (Lipinski definition) is 13. The number of alkyl carbamates (subject to hydrolysis) is 1. The highest BCUT2D eigenvalue weighted by Crippen LogP contribution is 2.21. The number of unbranched alkanes of at least 4 members (excludes halogenated alkanes) is 10. The van der Waals surface area contributed by atoms with Crippen molar-refractivity contribution < 1.29 is 57.1 Å². The highest BCUT2D eigenvalue weighted by atomic mass is 16.7. The zero-order valence-corrected chi connectivity index (χ0v) is 44.8. The third kappa shape index (κ3) is 40.1. The third-order valence-electron chi connectivity index (χ3n) is 12.4. The van der Waals surface area contributed by atoms with Crippen molar-refractivity contribution in [3.8, 4) is 0 Å². The molecule has 2 unspecified atom stereocenters. The molecule has 0 aromatic carbocycles. The molecule has 0 aromatic heterocycles. The van der Waals surface area contributed by atoms with Crippen LogP contribution in [0.2, 0.25) is 0 Å². The molecule has 70 heavy (non-hydrogen) atoms. The Hall–Kier alpha value is -3.49. The fraction of sp³-hybridized carbons (Fsp3) is 0.839. The van der Waals surface area contributed by atoms with Crippen LogP contribution < -0.4 is 5.32 Å². The summed E-state index contributed by atoms with van der Waals surface area (Å²) in [5, 5.41) is 2.77. The smallest absolute Gasteiger partial charge is 0.407 e. The van der Waals surface area contributed by atoms with Gasteiger partial charge in [0.1, 0.15) is 25.9 Å². The number of nitrogens with zero attached hydrogens (tertiary/aromatic N) is 1. The summed E-state index contributed by atoms with van der Waals surface area (Å²) in [5.74, 6) is -1.59. The van der Waals surface area contributed by atoms with Crippen LogP contribution in [0, 0.1) is 11.8 Å². The summed E-state index contributed by atoms with van der Waals surface area (Å²) in [7, 11) is 0. The monoisotopic (exact) mass is 993 g/mol. The van der Waals surface area contributed by atoms with Crippen LogP contribution in [0.5, 0.6) is 0 Å². The van der Waals surface area contributed by atoms with Crippen LogP contribution in [-0.2, 0) is 52.3 Å². The van der Waals surface area contributed by atoms with Crippen LogP contribution in [0.4, 0.5) is 4.79 Å². The number of rotatable bonds is 47. The molecular formula is C56H100N2O12. The van der Waals surface area contributed by atoms with Gasteiger partial charge < -0.3 is 43.4 Å². The van der Waals surface area contributed by atoms with Crippen molar-refractivity contribution in [2.45, 2.75) is 227 Å². The van der Waals surface area contributed by atoms with Gasteiger partial charge in [0.05, 0.1) is 18.9 Å². The van der Waals surface area contributed by atoms with E-state index in [0.29, 0.717) is 64.4 Å². The summed E-state index contributed by atoms with van der Waals surface area (Å²) in [6.45, 7) is 14.9. The van der Waals surface area contributed by atoms with Crippen molar-refractivity contribution in [3.63, 3.8) is 0 Å². The molecule has 2 atom stereocenters. The van der Waals surface area contributed by atoms with Crippen LogP contribution in [-0.4, -0.2) is 113 Å². The van der Waals surface area contributed by atoms with E-state index in [1.807, 2.05) is 0 Å². The Morgan fingerprint density at radius 3 is 1.56 bits per heavy atom. The molecule has 1 aliphatic rings. The van der Waals surface area contributed by atoms with Crippen molar-refractivity contribution >= 4 is 30.0 Å². The van der Waals surface area contributed by atoms with E-state index >= 15 is 0 Å². The highest BCUT2D eigenvalue weighted by Gasteiger charge is 2.21. The minimum atomic E-state index is -0.605. The second-order valence-corrected chi connectivity index (χ2v) is 19.0. The molecule has 14 heteroatoms. The van der Waals surface area contributed by atoms with E-state index in [-0.39, 0.29) is 51.5 Å². The molecule has 1 fully saturated rings. The van der Waals surface area contributed by atoms with Crippen LogP contribution in [0.15, 0.2) is 24.3 Å². The first-order chi connectivity index (χ1) is 34.1. The standard InChI is InChI=1S/C56H100N2O12/c1-6-10-14-16-18-27-42-65-55(66-43-28-19-17-15-11-7-2)36-35-54(62)69-47-50(46-68-53(61)34-33-48(5)70-56(63)57-38-41-58-39-25-26-40-58)45-67-52(60)32-24-20-23-31-51(59)64-44-37-49(29-21-12-8-3)30-22-13-9-4/h10-11,14-15,48-50,55H,6-9,12-13,16-47H2,1-5H3,(H,57,63)/b14-10-,15-11-. The Balaban J connectivity index is 2.66. The lowest BCUT2D eigenvalue weighted by Gasteiger charge is -2.20. The number of nitrogens with one attached hydrogen (secondary N) is 1. The van der Waals surface area contributed by atoms with Crippen molar-refractivity contribution in [1.29, 1.82) is 0 Å². The molecule has 0 aliphatic carbocycles. The van der Waals surface area contributed by atoms with Gasteiger partial charge in [-0.2, -0.15) is 0 Å². The zero-order chi connectivity index (χ0) is 51.1. The number of allylic oxidation sites excluding steroid dienone is 4. The molecule has 0 saturated carbocycles. The van der Waals surface area contributed by atoms with Gasteiger partial charge in [-0.25, -0.2) is 4.79 Å². The molecule has 14 nitrogen and oxygen atoms in total. The number of ether oxygens (including phenoxy) is 7. The fourth-order valence-corrected chi connectivity index (χ4v) is 8.02. The molecule has 1 rings (SSSR count). The second-order valence-electron chi connectivity index (χ2n) is 19.0. The molecule has 1 saturated heterocycles. The van der Waals surface area contributed by atoms with Crippen molar-refractivity contribution in [2.24, 2.45) is 11.8 Å². The van der Waals surface area contributed by atoms with E-state index in [4.69, 9.17) is 33.2 Å². The van der Waals surface area contributed by atoms with Crippen LogP contribution in [0.1, 0.15) is 214 Å². The van der Waals surface area contributed by atoms with Crippen molar-refractivity contribution in [3.05, 3.63) is 24.3 Å². The predicted molar refractivity (Wildman–Crippen MR) is 277 cm³/mol. The van der Waals surface area contributed by atoms with Crippen LogP contribution >= 0.6 is 0 Å². The van der Waals surface area contributed by atoms with E-state index in [2.05, 4.69) is 62.2 Å². The molecule has 1 heterocycles. The van der Waals surface area contributed by atoms with Crippen molar-refractivity contribution in [2.75, 3.05) is 65.8 Å². The minimum Gasteiger partial charge on any atom is -0.466 e. The van der Waals surface area contributed by atoms with Gasteiger partial charge in [-0.3, -0.25) is 19.2 Å². The summed E-state index contributed by atoms with van der Waals surface area (Å²) in [6, 6.07) is 0. The highest BCUT2D eigenvalue weighted by molar-refractivity contribution is 5.71. The Morgan fingerprint density at radius 2 is 1.03 bits per heavy atom. The Labute approximate surface area is 424 Å². The summed E-state index contributed by atoms with van der Waals surface area (Å²) in [6.07, 6.45) is 30.9. The Kier molecular flexibility index (Phi) is 42.9. The summed E-state index contributed by atoms with van der Waals surface area (Å²) >= 11 is 0. The minimum absolute atomic E-state index is 0.00689. The molecule has 1 aliphatic heterocycles. The SMILES string of the molecule is CC/C=C\CCCCOC(CCC(=O)OCC(COC(=O)CCCCCC(=O)OCCC(CCCCC)CCCCC)COC(=O)CCC(C)OC(=O)NCCN1CCCC1)OCCCC/C=C\CC. The number of likely N-dealkylation sites (tertiary alicyclic amines) is 1. The first kappa shape index (κ1) is 64.5. The lowest BCUT2D eigenvalue weighted by molar-refractivity contribution is -0.162. The third-order valence-corrected chi connectivity index (χ3v) is 12.4. The zero-order valence-electron chi connectivity index (χ0n) is 44.8. The average Bonchev–Trinajstić information content (AvgIpc) is 3.87. The van der Waals surface area contributed by atoms with E-state index in [0.717, 1.165) is 77.4 Å². The lowest BCUT2D eigenvalue weighted by atomic mass is 9.92. The van der Waals surface area contributed by atoms with E-state index < -0.39 is 42.3 Å². The molecule has 0 radical (unpaired) electrons. The molecule has 406 valence electrons. The molecule has 0 aromatic rings. The number of hydrogen-bond donors (Lipinski definition) is 1. The summed E-state index contributed by atoms with van der Waals surface area (Å²) in [4.78, 5) is 65.8. The normalized spacial score (nSPS) is 13.9. The number of carbonyl (C=O) groups is 5. The summed E-state index contributed by atoms with van der Waals surface area (Å²) < 4.78 is 39.9. The number of amides is 1. The van der Waals surface area contributed by atoms with Gasteiger partial charge in [-0.15, -0.1) is 0 Å². The predicted octanol–water partition coefficient (Wildman–Crippen LogP) is 12.3. The van der Waals surface area contributed by atoms with Crippen LogP contribution in [0.3, 0.4) is 0 Å². The molecular weight excluding hydrogens is 893 g/mol. The fourth-order valence-electron chi connectivity index (χ4n) is 8.02. The molecule has 1 amide bonds. The van der Waals surface area contributed by atoms with Crippen molar-refractivity contribution in [1.82, 2.24) is 10.2 Å². The van der Waals surface area contributed by atoms with Gasteiger partial charge in [0.15, 0.2) is 6.29 Å². The Bertz CT molecular complexity index is 1340. The van der Waals surface area contributed by atoms with E-state index in [1.54, 1.807) is 6.92 Å². The lowest BCUT2D eigenvalue weighted by Crippen LogP contribution is -2.35. The molecule has 0 spiro atoms. The van der Waals surface area contributed by atoms with Gasteiger partial charge >= 0.3 is 30.0 Å². The number of esters is 4. The largest absolute Gasteiger partial charge is 0.466 e. The maximum absolute atomic E-state index is 13.1. The Morgan fingerprint density at radius 1 is 0.514 bits per heavy atom. The van der Waals surface area contributed by atoms with E-state index in [1.165, 1.54) is 64.2 Å². The second kappa shape index (κ2) is 46.6. The van der Waals surface area contributed by atoms with Gasteiger partial charge in [-0.1, -0.05) is 110 Å². The molecule has 1 N–H and O–H groups in total. The quantitative estimate of drug-likeness (QED) is 0.0201. The van der Waals surface area contributed by atoms with Gasteiger partial charge in [0.25, 0.3) is 0 Å². The van der Waals surface area contributed by atoms with Gasteiger partial charge in [0.2, 0.25) is 0 Å². The maximum Gasteiger partial charge on any atom is 0.407 e. The van der Waals surface area contributed by atoms with E-state index in [9.17, 15) is 24.0 Å². The first-order valence-corrected chi connectivity index (χ1v) is 27.9. The average molecular weight is 993 g/mol. The summed E-state index contributed by atoms with van der Waals surface area (Å²) in [5.41, 5.74) is 0. The molecule has 0 bridgehead atoms. The van der Waals surface area contributed by atoms with Crippen LogP contribution in [0.25, 0.3) is 0 Å². The maximum atomic E-state index is 13.1. The number of carbonyl (C=O) groups excluding carboxylic acids is 5. The van der Waals surface area contributed by atoms with Gasteiger partial charge in [-0.05, 0) is 116 Å². The topological polar surface area (TPSA) is 165 Å². The first-order valence-electron chi connectivity index (χ1n) is 27.9.